The summed E-state index contributed by atoms with van der Waals surface area (Å²) in [6, 6.07) is 14.8. The zero-order valence-corrected chi connectivity index (χ0v) is 18.7. The Morgan fingerprint density at radius 2 is 1.73 bits per heavy atom. The summed E-state index contributed by atoms with van der Waals surface area (Å²) in [5.41, 5.74) is 1.47. The molecular weight excluding hydrogens is 439 g/mol. The van der Waals surface area contributed by atoms with E-state index in [0.717, 1.165) is 30.7 Å². The molecule has 0 aromatic heterocycles. The summed E-state index contributed by atoms with van der Waals surface area (Å²) in [4.78, 5) is 29.4. The van der Waals surface area contributed by atoms with Crippen molar-refractivity contribution in [1.29, 1.82) is 0 Å². The number of thioether (sulfide) groups is 1. The van der Waals surface area contributed by atoms with E-state index in [9.17, 15) is 9.59 Å². The van der Waals surface area contributed by atoms with Crippen molar-refractivity contribution in [3.05, 3.63) is 75.8 Å². The van der Waals surface area contributed by atoms with Crippen LogP contribution in [0.4, 0.5) is 0 Å². The quantitative estimate of drug-likeness (QED) is 0.589. The first-order valence-electron chi connectivity index (χ1n) is 9.92. The SMILES string of the molecule is O=C(c1ccc(Cl)cc1Cl)N1CCC2(CC1)SCCN2C(=O)C=Cc1ccccc1. The average Bonchev–Trinajstić information content (AvgIpc) is 3.16. The van der Waals surface area contributed by atoms with Crippen molar-refractivity contribution in [2.45, 2.75) is 17.7 Å². The molecule has 2 saturated heterocycles. The van der Waals surface area contributed by atoms with E-state index in [1.165, 1.54) is 0 Å². The first kappa shape index (κ1) is 21.3. The summed E-state index contributed by atoms with van der Waals surface area (Å²) in [6.07, 6.45) is 5.02. The van der Waals surface area contributed by atoms with Gasteiger partial charge in [0.2, 0.25) is 5.91 Å². The molecule has 2 aromatic carbocycles. The normalized spacial score (nSPS) is 18.3. The highest BCUT2D eigenvalue weighted by Crippen LogP contribution is 2.44. The Morgan fingerprint density at radius 1 is 1.00 bits per heavy atom. The fraction of sp³-hybridized carbons (Fsp3) is 0.304. The lowest BCUT2D eigenvalue weighted by Gasteiger charge is -2.43. The third-order valence-corrected chi connectivity index (χ3v) is 7.76. The van der Waals surface area contributed by atoms with Gasteiger partial charge in [-0.2, -0.15) is 0 Å². The van der Waals surface area contributed by atoms with Crippen molar-refractivity contribution in [2.24, 2.45) is 0 Å². The maximum Gasteiger partial charge on any atom is 0.255 e. The molecule has 0 aliphatic carbocycles. The number of nitrogens with zero attached hydrogens (tertiary/aromatic N) is 2. The molecule has 4 rings (SSSR count). The summed E-state index contributed by atoms with van der Waals surface area (Å²) < 4.78 is 0. The van der Waals surface area contributed by atoms with E-state index in [1.54, 1.807) is 24.3 Å². The Balaban J connectivity index is 1.43. The largest absolute Gasteiger partial charge is 0.338 e. The van der Waals surface area contributed by atoms with Gasteiger partial charge in [0.05, 0.1) is 15.5 Å². The number of halogens is 2. The molecule has 0 N–H and O–H groups in total. The predicted molar refractivity (Wildman–Crippen MR) is 124 cm³/mol. The second kappa shape index (κ2) is 9.04. The van der Waals surface area contributed by atoms with Gasteiger partial charge in [0, 0.05) is 36.5 Å². The first-order valence-corrected chi connectivity index (χ1v) is 11.7. The van der Waals surface area contributed by atoms with Gasteiger partial charge in [0.15, 0.2) is 0 Å². The van der Waals surface area contributed by atoms with Gasteiger partial charge in [-0.15, -0.1) is 11.8 Å². The minimum absolute atomic E-state index is 0.0318. The number of carbonyl (C=O) groups is 2. The zero-order valence-electron chi connectivity index (χ0n) is 16.4. The number of amides is 2. The van der Waals surface area contributed by atoms with Crippen LogP contribution in [0.3, 0.4) is 0 Å². The molecule has 4 nitrogen and oxygen atoms in total. The molecule has 7 heteroatoms. The molecule has 0 atom stereocenters. The van der Waals surface area contributed by atoms with Crippen molar-refractivity contribution in [3.8, 4) is 0 Å². The van der Waals surface area contributed by atoms with Gasteiger partial charge in [-0.1, -0.05) is 53.5 Å². The molecule has 0 unspecified atom stereocenters. The van der Waals surface area contributed by atoms with Crippen LogP contribution in [0.5, 0.6) is 0 Å². The molecule has 2 heterocycles. The van der Waals surface area contributed by atoms with Crippen molar-refractivity contribution >= 4 is 52.9 Å². The van der Waals surface area contributed by atoms with Crippen LogP contribution in [-0.4, -0.2) is 51.9 Å². The maximum absolute atomic E-state index is 12.9. The van der Waals surface area contributed by atoms with Crippen molar-refractivity contribution in [1.82, 2.24) is 9.80 Å². The van der Waals surface area contributed by atoms with Gasteiger partial charge in [-0.3, -0.25) is 9.59 Å². The van der Waals surface area contributed by atoms with E-state index in [1.807, 2.05) is 58.0 Å². The summed E-state index contributed by atoms with van der Waals surface area (Å²) >= 11 is 14.0. The topological polar surface area (TPSA) is 40.6 Å². The molecule has 2 aliphatic rings. The molecule has 0 saturated carbocycles. The number of carbonyl (C=O) groups excluding carboxylic acids is 2. The number of hydrogen-bond donors (Lipinski definition) is 0. The van der Waals surface area contributed by atoms with Gasteiger partial charge >= 0.3 is 0 Å². The third-order valence-electron chi connectivity index (χ3n) is 5.65. The molecule has 2 aliphatic heterocycles. The van der Waals surface area contributed by atoms with E-state index >= 15 is 0 Å². The summed E-state index contributed by atoms with van der Waals surface area (Å²) in [5, 5.41) is 0.875. The number of likely N-dealkylation sites (tertiary alicyclic amines) is 1. The van der Waals surface area contributed by atoms with Crippen molar-refractivity contribution < 1.29 is 9.59 Å². The minimum atomic E-state index is -0.237. The maximum atomic E-state index is 12.9. The number of hydrogen-bond acceptors (Lipinski definition) is 3. The fourth-order valence-corrected chi connectivity index (χ4v) is 6.00. The summed E-state index contributed by atoms with van der Waals surface area (Å²) in [5.74, 6) is 0.864. The molecule has 0 bridgehead atoms. The monoisotopic (exact) mass is 460 g/mol. The first-order chi connectivity index (χ1) is 14.5. The van der Waals surface area contributed by atoms with Crippen LogP contribution < -0.4 is 0 Å². The Hall–Kier alpha value is -1.95. The lowest BCUT2D eigenvalue weighted by atomic mass is 10.0. The Labute approximate surface area is 190 Å². The van der Waals surface area contributed by atoms with E-state index in [0.29, 0.717) is 28.7 Å². The standard InChI is InChI=1S/C23H22Cl2N2O2S/c24-18-7-8-19(20(25)16-18)22(29)26-12-10-23(11-13-26)27(14-15-30-23)21(28)9-6-17-4-2-1-3-5-17/h1-9,16H,10-15H2. The summed E-state index contributed by atoms with van der Waals surface area (Å²) in [6.45, 7) is 1.92. The van der Waals surface area contributed by atoms with Crippen LogP contribution >= 0.6 is 35.0 Å². The minimum Gasteiger partial charge on any atom is -0.338 e. The van der Waals surface area contributed by atoms with Gasteiger partial charge in [0.1, 0.15) is 0 Å². The number of rotatable bonds is 3. The highest BCUT2D eigenvalue weighted by Gasteiger charge is 2.46. The Morgan fingerprint density at radius 3 is 2.43 bits per heavy atom. The molecule has 1 spiro atoms. The second-order valence-electron chi connectivity index (χ2n) is 7.44. The van der Waals surface area contributed by atoms with Gasteiger partial charge in [0.25, 0.3) is 5.91 Å². The average molecular weight is 461 g/mol. The van der Waals surface area contributed by atoms with Crippen molar-refractivity contribution in [2.75, 3.05) is 25.4 Å². The smallest absolute Gasteiger partial charge is 0.255 e. The van der Waals surface area contributed by atoms with Crippen LogP contribution in [0.2, 0.25) is 10.0 Å². The number of benzene rings is 2. The van der Waals surface area contributed by atoms with Gasteiger partial charge < -0.3 is 9.80 Å². The van der Waals surface area contributed by atoms with Gasteiger partial charge in [-0.25, -0.2) is 0 Å². The molecule has 2 fully saturated rings. The molecule has 30 heavy (non-hydrogen) atoms. The summed E-state index contributed by atoms with van der Waals surface area (Å²) in [7, 11) is 0. The van der Waals surface area contributed by atoms with Crippen LogP contribution in [0, 0.1) is 0 Å². The zero-order chi connectivity index (χ0) is 21.1. The van der Waals surface area contributed by atoms with Crippen molar-refractivity contribution in [3.63, 3.8) is 0 Å². The van der Waals surface area contributed by atoms with E-state index in [4.69, 9.17) is 23.2 Å². The predicted octanol–water partition coefficient (Wildman–Crippen LogP) is 5.21. The molecule has 2 amide bonds. The van der Waals surface area contributed by atoms with Crippen LogP contribution in [0.15, 0.2) is 54.6 Å². The van der Waals surface area contributed by atoms with Crippen LogP contribution in [0.25, 0.3) is 6.08 Å². The number of piperidine rings is 1. The molecular formula is C23H22Cl2N2O2S. The van der Waals surface area contributed by atoms with E-state index in [2.05, 4.69) is 0 Å². The highest BCUT2D eigenvalue weighted by atomic mass is 35.5. The van der Waals surface area contributed by atoms with Crippen LogP contribution in [-0.2, 0) is 4.79 Å². The fourth-order valence-electron chi connectivity index (χ4n) is 4.05. The lowest BCUT2D eigenvalue weighted by Crippen LogP contribution is -2.53. The van der Waals surface area contributed by atoms with E-state index < -0.39 is 0 Å². The van der Waals surface area contributed by atoms with Crippen LogP contribution in [0.1, 0.15) is 28.8 Å². The Kier molecular flexibility index (Phi) is 6.42. The Bertz CT molecular complexity index is 972. The third kappa shape index (κ3) is 4.39. The second-order valence-corrected chi connectivity index (χ2v) is 9.75. The van der Waals surface area contributed by atoms with E-state index in [-0.39, 0.29) is 16.7 Å². The molecule has 156 valence electrons. The lowest BCUT2D eigenvalue weighted by molar-refractivity contribution is -0.129. The molecule has 2 aromatic rings. The molecule has 0 radical (unpaired) electrons. The van der Waals surface area contributed by atoms with Gasteiger partial charge in [-0.05, 0) is 42.7 Å². The highest BCUT2D eigenvalue weighted by molar-refractivity contribution is 8.00.